The Balaban J connectivity index is 1.33. The number of hydrogen-bond acceptors (Lipinski definition) is 3. The van der Waals surface area contributed by atoms with Gasteiger partial charge in [-0.15, -0.1) is 0 Å². The largest absolute Gasteiger partial charge is 0.334 e. The summed E-state index contributed by atoms with van der Waals surface area (Å²) in [6.45, 7) is 2.18. The van der Waals surface area contributed by atoms with Gasteiger partial charge in [0.25, 0.3) is 0 Å². The summed E-state index contributed by atoms with van der Waals surface area (Å²) in [6, 6.07) is 4.44. The Labute approximate surface area is 156 Å². The van der Waals surface area contributed by atoms with Crippen LogP contribution in [0.5, 0.6) is 0 Å². The van der Waals surface area contributed by atoms with Crippen LogP contribution in [0, 0.1) is 29.5 Å². The van der Waals surface area contributed by atoms with E-state index in [2.05, 4.69) is 0 Å². The van der Waals surface area contributed by atoms with Gasteiger partial charge in [-0.2, -0.15) is 0 Å². The van der Waals surface area contributed by atoms with Crippen LogP contribution in [0.15, 0.2) is 30.4 Å². The molecule has 2 bridgehead atoms. The van der Waals surface area contributed by atoms with Crippen LogP contribution in [0.2, 0.25) is 0 Å². The van der Waals surface area contributed by atoms with Crippen molar-refractivity contribution in [2.24, 2.45) is 23.7 Å². The zero-order chi connectivity index (χ0) is 18.9. The molecule has 140 valence electrons. The van der Waals surface area contributed by atoms with E-state index in [0.29, 0.717) is 13.0 Å². The Morgan fingerprint density at radius 1 is 1.15 bits per heavy atom. The van der Waals surface area contributed by atoms with Gasteiger partial charge in [-0.05, 0) is 54.9 Å². The Kier molecular flexibility index (Phi) is 3.55. The summed E-state index contributed by atoms with van der Waals surface area (Å²) in [4.78, 5) is 41.4. The van der Waals surface area contributed by atoms with Gasteiger partial charge in [0.2, 0.25) is 17.7 Å². The first-order chi connectivity index (χ1) is 13.0. The molecule has 1 aromatic carbocycles. The number of halogens is 1. The van der Waals surface area contributed by atoms with Crippen LogP contribution in [-0.2, 0) is 20.8 Å². The molecule has 27 heavy (non-hydrogen) atoms. The Morgan fingerprint density at radius 2 is 1.81 bits per heavy atom. The number of carbonyl (C=O) groups excluding carboxylic acids is 3. The smallest absolute Gasteiger partial charge is 0.243 e. The highest BCUT2D eigenvalue weighted by Crippen LogP contribution is 2.52. The van der Waals surface area contributed by atoms with E-state index in [4.69, 9.17) is 0 Å². The van der Waals surface area contributed by atoms with Crippen molar-refractivity contribution >= 4 is 17.7 Å². The topological polar surface area (TPSA) is 57.7 Å². The van der Waals surface area contributed by atoms with E-state index in [1.54, 1.807) is 11.0 Å². The molecule has 5 rings (SSSR count). The van der Waals surface area contributed by atoms with E-state index in [0.717, 1.165) is 17.5 Å². The summed E-state index contributed by atoms with van der Waals surface area (Å²) in [5.41, 5.74) is 1.84. The third-order valence-corrected chi connectivity index (χ3v) is 6.82. The minimum atomic E-state index is -0.275. The quantitative estimate of drug-likeness (QED) is 0.593. The second-order valence-corrected chi connectivity index (χ2v) is 8.12. The average molecular weight is 368 g/mol. The number of amides is 3. The van der Waals surface area contributed by atoms with Crippen molar-refractivity contribution in [1.82, 2.24) is 9.80 Å². The van der Waals surface area contributed by atoms with Gasteiger partial charge in [-0.3, -0.25) is 19.3 Å². The predicted octanol–water partition coefficient (Wildman–Crippen LogP) is 2.08. The minimum Gasteiger partial charge on any atom is -0.334 e. The summed E-state index contributed by atoms with van der Waals surface area (Å²) < 4.78 is 13.4. The number of rotatable bonds is 2. The van der Waals surface area contributed by atoms with Crippen molar-refractivity contribution < 1.29 is 18.8 Å². The fourth-order valence-electron chi connectivity index (χ4n) is 5.49. The maximum absolute atomic E-state index is 13.4. The van der Waals surface area contributed by atoms with E-state index in [1.165, 1.54) is 17.0 Å². The maximum Gasteiger partial charge on any atom is 0.243 e. The average Bonchev–Trinajstić information content (AvgIpc) is 3.32. The van der Waals surface area contributed by atoms with Crippen molar-refractivity contribution in [3.63, 3.8) is 0 Å². The summed E-state index contributed by atoms with van der Waals surface area (Å²) in [5, 5.41) is 0. The summed E-state index contributed by atoms with van der Waals surface area (Å²) in [6.07, 6.45) is 5.55. The molecular weight excluding hydrogens is 347 g/mol. The van der Waals surface area contributed by atoms with Gasteiger partial charge in [0.05, 0.1) is 17.9 Å². The SMILES string of the molecule is CC1c2ccc(F)cc2CCN1C(=O)CN1C(=O)C2C3C=CC(C3)C2C1=O. The molecule has 2 aliphatic carbocycles. The highest BCUT2D eigenvalue weighted by molar-refractivity contribution is 6.08. The molecule has 0 N–H and O–H groups in total. The molecule has 2 fully saturated rings. The number of hydrogen-bond donors (Lipinski definition) is 0. The molecule has 1 aromatic rings. The molecule has 1 saturated carbocycles. The van der Waals surface area contributed by atoms with Crippen LogP contribution in [-0.4, -0.2) is 40.6 Å². The summed E-state index contributed by atoms with van der Waals surface area (Å²) in [5.74, 6) is -1.14. The molecule has 4 aliphatic rings. The van der Waals surface area contributed by atoms with Crippen LogP contribution in [0.1, 0.15) is 30.5 Å². The monoisotopic (exact) mass is 368 g/mol. The highest BCUT2D eigenvalue weighted by Gasteiger charge is 2.59. The summed E-state index contributed by atoms with van der Waals surface area (Å²) >= 11 is 0. The van der Waals surface area contributed by atoms with Gasteiger partial charge in [-0.25, -0.2) is 4.39 Å². The maximum atomic E-state index is 13.4. The number of imide groups is 1. The fourth-order valence-corrected chi connectivity index (χ4v) is 5.49. The second kappa shape index (κ2) is 5.75. The lowest BCUT2D eigenvalue weighted by Gasteiger charge is -2.36. The Hall–Kier alpha value is -2.50. The molecule has 3 amide bonds. The molecule has 0 spiro atoms. The lowest BCUT2D eigenvalue weighted by atomic mass is 9.85. The first-order valence-corrected chi connectivity index (χ1v) is 9.57. The van der Waals surface area contributed by atoms with Crippen molar-refractivity contribution in [2.45, 2.75) is 25.8 Å². The molecule has 5 atom stereocenters. The first kappa shape index (κ1) is 16.7. The van der Waals surface area contributed by atoms with Crippen LogP contribution < -0.4 is 0 Å². The third kappa shape index (κ3) is 2.32. The number of benzene rings is 1. The van der Waals surface area contributed by atoms with Crippen molar-refractivity contribution in [2.75, 3.05) is 13.1 Å². The standard InChI is InChI=1S/C21H21FN2O3/c1-11-16-5-4-15(22)9-12(16)6-7-23(11)17(25)10-24-20(26)18-13-2-3-14(8-13)19(18)21(24)27/h2-5,9,11,13-14,18-19H,6-8,10H2,1H3. The molecule has 0 aromatic heterocycles. The van der Waals surface area contributed by atoms with Gasteiger partial charge in [0.1, 0.15) is 12.4 Å². The van der Waals surface area contributed by atoms with E-state index in [-0.39, 0.29) is 59.8 Å². The van der Waals surface area contributed by atoms with E-state index in [9.17, 15) is 18.8 Å². The predicted molar refractivity (Wildman–Crippen MR) is 94.7 cm³/mol. The number of likely N-dealkylation sites (tertiary alicyclic amines) is 1. The van der Waals surface area contributed by atoms with Crippen LogP contribution >= 0.6 is 0 Å². The molecule has 1 saturated heterocycles. The zero-order valence-corrected chi connectivity index (χ0v) is 15.1. The Bertz CT molecular complexity index is 865. The highest BCUT2D eigenvalue weighted by atomic mass is 19.1. The third-order valence-electron chi connectivity index (χ3n) is 6.82. The molecule has 0 radical (unpaired) electrons. The van der Waals surface area contributed by atoms with Gasteiger partial charge in [-0.1, -0.05) is 18.2 Å². The first-order valence-electron chi connectivity index (χ1n) is 9.57. The van der Waals surface area contributed by atoms with Gasteiger partial charge in [0.15, 0.2) is 0 Å². The second-order valence-electron chi connectivity index (χ2n) is 8.12. The van der Waals surface area contributed by atoms with E-state index >= 15 is 0 Å². The van der Waals surface area contributed by atoms with Crippen LogP contribution in [0.4, 0.5) is 4.39 Å². The number of nitrogens with zero attached hydrogens (tertiary/aromatic N) is 2. The lowest BCUT2D eigenvalue weighted by molar-refractivity contribution is -0.148. The number of fused-ring (bicyclic) bond motifs is 6. The van der Waals surface area contributed by atoms with Crippen molar-refractivity contribution in [1.29, 1.82) is 0 Å². The molecule has 5 unspecified atom stereocenters. The fraction of sp³-hybridized carbons (Fsp3) is 0.476. The van der Waals surface area contributed by atoms with Crippen molar-refractivity contribution in [3.8, 4) is 0 Å². The lowest BCUT2D eigenvalue weighted by Crippen LogP contribution is -2.46. The molecule has 2 heterocycles. The number of allylic oxidation sites excluding steroid dienone is 2. The molecule has 5 nitrogen and oxygen atoms in total. The number of carbonyl (C=O) groups is 3. The molecular formula is C21H21FN2O3. The van der Waals surface area contributed by atoms with Gasteiger partial charge in [0, 0.05) is 6.54 Å². The summed E-state index contributed by atoms with van der Waals surface area (Å²) in [7, 11) is 0. The molecule has 6 heteroatoms. The Morgan fingerprint density at radius 3 is 2.48 bits per heavy atom. The minimum absolute atomic E-state index is 0.146. The van der Waals surface area contributed by atoms with Gasteiger partial charge < -0.3 is 4.90 Å². The van der Waals surface area contributed by atoms with E-state index in [1.807, 2.05) is 19.1 Å². The van der Waals surface area contributed by atoms with Crippen LogP contribution in [0.3, 0.4) is 0 Å². The van der Waals surface area contributed by atoms with Crippen molar-refractivity contribution in [3.05, 3.63) is 47.3 Å². The van der Waals surface area contributed by atoms with Gasteiger partial charge >= 0.3 is 0 Å². The zero-order valence-electron chi connectivity index (χ0n) is 15.1. The van der Waals surface area contributed by atoms with Crippen LogP contribution in [0.25, 0.3) is 0 Å². The normalized spacial score (nSPS) is 33.6. The molecule has 2 aliphatic heterocycles. The van der Waals surface area contributed by atoms with E-state index < -0.39 is 0 Å².